The van der Waals surface area contributed by atoms with Crippen molar-refractivity contribution in [1.29, 1.82) is 0 Å². The van der Waals surface area contributed by atoms with Crippen LogP contribution in [0.3, 0.4) is 0 Å². The summed E-state index contributed by atoms with van der Waals surface area (Å²) < 4.78 is 0. The zero-order valence-electron chi connectivity index (χ0n) is 19.7. The number of anilines is 1. The molecule has 2 aromatic heterocycles. The number of aromatic nitrogens is 2. The maximum atomic E-state index is 6.32. The molecule has 0 spiro atoms. The number of nitrogens with zero attached hydrogens (tertiary/aromatic N) is 2. The van der Waals surface area contributed by atoms with Crippen LogP contribution >= 0.6 is 0 Å². The van der Waals surface area contributed by atoms with Crippen molar-refractivity contribution in [2.24, 2.45) is 5.41 Å². The number of fused-ring (bicyclic) bond motifs is 1. The fraction of sp³-hybridized carbons (Fsp3) is 0.310. The lowest BCUT2D eigenvalue weighted by molar-refractivity contribution is 0.378. The summed E-state index contributed by atoms with van der Waals surface area (Å²) in [4.78, 5) is 9.16. The van der Waals surface area contributed by atoms with Crippen molar-refractivity contribution in [3.63, 3.8) is 0 Å². The van der Waals surface area contributed by atoms with Crippen LogP contribution in [0.4, 0.5) is 5.82 Å². The Balaban J connectivity index is 1.54. The van der Waals surface area contributed by atoms with Gasteiger partial charge in [-0.25, -0.2) is 4.98 Å². The molecule has 0 bridgehead atoms. The Morgan fingerprint density at radius 2 is 1.59 bits per heavy atom. The van der Waals surface area contributed by atoms with E-state index in [1.807, 2.05) is 12.4 Å². The molecular formula is C29H33N3. The second kappa shape index (κ2) is 9.12. The second-order valence-electron chi connectivity index (χ2n) is 10.0. The Morgan fingerprint density at radius 1 is 0.844 bits per heavy atom. The van der Waals surface area contributed by atoms with Crippen LogP contribution in [-0.2, 0) is 19.3 Å². The molecule has 0 fully saturated rings. The molecule has 2 heterocycles. The topological polar surface area (TPSA) is 51.8 Å². The van der Waals surface area contributed by atoms with E-state index in [0.29, 0.717) is 11.2 Å². The van der Waals surface area contributed by atoms with Gasteiger partial charge in [0.25, 0.3) is 0 Å². The van der Waals surface area contributed by atoms with Gasteiger partial charge in [-0.1, -0.05) is 57.2 Å². The number of hydrogen-bond acceptors (Lipinski definition) is 3. The molecule has 2 aromatic carbocycles. The molecule has 3 nitrogen and oxygen atoms in total. The van der Waals surface area contributed by atoms with Crippen LogP contribution < -0.4 is 5.73 Å². The number of aryl methyl sites for hydroxylation is 4. The van der Waals surface area contributed by atoms with Gasteiger partial charge in [-0.2, -0.15) is 0 Å². The van der Waals surface area contributed by atoms with E-state index >= 15 is 0 Å². The van der Waals surface area contributed by atoms with Gasteiger partial charge in [-0.3, -0.25) is 4.98 Å². The molecule has 164 valence electrons. The summed E-state index contributed by atoms with van der Waals surface area (Å²) in [6.07, 6.45) is 7.95. The number of hydrogen-bond donors (Lipinski definition) is 1. The van der Waals surface area contributed by atoms with Crippen molar-refractivity contribution < 1.29 is 0 Å². The highest BCUT2D eigenvalue weighted by atomic mass is 14.8. The quantitative estimate of drug-likeness (QED) is 0.365. The van der Waals surface area contributed by atoms with E-state index in [9.17, 15) is 0 Å². The fourth-order valence-corrected chi connectivity index (χ4v) is 4.11. The van der Waals surface area contributed by atoms with Crippen LogP contribution in [0.25, 0.3) is 22.0 Å². The van der Waals surface area contributed by atoms with Gasteiger partial charge < -0.3 is 5.73 Å². The smallest absolute Gasteiger partial charge is 0.127 e. The highest BCUT2D eigenvalue weighted by Gasteiger charge is 2.11. The van der Waals surface area contributed by atoms with Gasteiger partial charge in [0.2, 0.25) is 0 Å². The number of rotatable bonds is 6. The first-order chi connectivity index (χ1) is 15.3. The second-order valence-corrected chi connectivity index (χ2v) is 10.0. The van der Waals surface area contributed by atoms with Gasteiger partial charge in [0, 0.05) is 17.8 Å². The summed E-state index contributed by atoms with van der Waals surface area (Å²) in [5.41, 5.74) is 15.0. The van der Waals surface area contributed by atoms with E-state index in [1.54, 1.807) is 0 Å². The van der Waals surface area contributed by atoms with Crippen LogP contribution in [0.15, 0.2) is 67.0 Å². The summed E-state index contributed by atoms with van der Waals surface area (Å²) in [5.74, 6) is 0.623. The molecule has 32 heavy (non-hydrogen) atoms. The van der Waals surface area contributed by atoms with Crippen molar-refractivity contribution in [2.75, 3.05) is 5.73 Å². The van der Waals surface area contributed by atoms with Crippen molar-refractivity contribution in [3.8, 4) is 11.1 Å². The largest absolute Gasteiger partial charge is 0.383 e. The van der Waals surface area contributed by atoms with Gasteiger partial charge in [-0.05, 0) is 89.6 Å². The average Bonchev–Trinajstić information content (AvgIpc) is 2.76. The molecule has 0 aliphatic carbocycles. The highest BCUT2D eigenvalue weighted by Crippen LogP contribution is 2.28. The van der Waals surface area contributed by atoms with E-state index in [1.165, 1.54) is 27.8 Å². The zero-order chi connectivity index (χ0) is 22.7. The van der Waals surface area contributed by atoms with Crippen LogP contribution in [-0.4, -0.2) is 9.97 Å². The van der Waals surface area contributed by atoms with E-state index in [-0.39, 0.29) is 0 Å². The fourth-order valence-electron chi connectivity index (χ4n) is 4.11. The SMILES string of the molecule is Cc1ccccc1-c1ccc2nc(N)c(CCc3cncc(CCC(C)(C)C)c3)cc2c1. The molecule has 0 radical (unpaired) electrons. The summed E-state index contributed by atoms with van der Waals surface area (Å²) in [5, 5.41) is 1.13. The van der Waals surface area contributed by atoms with Gasteiger partial charge in [-0.15, -0.1) is 0 Å². The Kier molecular flexibility index (Phi) is 6.27. The van der Waals surface area contributed by atoms with Gasteiger partial charge in [0.15, 0.2) is 0 Å². The van der Waals surface area contributed by atoms with Gasteiger partial charge >= 0.3 is 0 Å². The minimum atomic E-state index is 0.332. The number of nitrogens with two attached hydrogens (primary N) is 1. The minimum absolute atomic E-state index is 0.332. The Morgan fingerprint density at radius 3 is 2.34 bits per heavy atom. The molecule has 3 heteroatoms. The van der Waals surface area contributed by atoms with Crippen LogP contribution in [0.2, 0.25) is 0 Å². The summed E-state index contributed by atoms with van der Waals surface area (Å²) in [6.45, 7) is 8.99. The predicted molar refractivity (Wildman–Crippen MR) is 136 cm³/mol. The van der Waals surface area contributed by atoms with E-state index in [0.717, 1.165) is 42.1 Å². The number of nitrogen functional groups attached to an aromatic ring is 1. The standard InChI is InChI=1S/C29H33N3/c1-20-7-5-6-8-26(20)23-11-12-27-25(16-23)17-24(28(30)32-27)10-9-21-15-22(19-31-18-21)13-14-29(2,3)4/h5-8,11-12,15-19H,9-10,13-14H2,1-4H3,(H2,30,32). The molecule has 0 aliphatic heterocycles. The van der Waals surface area contributed by atoms with Gasteiger partial charge in [0.05, 0.1) is 5.52 Å². The first-order valence-electron chi connectivity index (χ1n) is 11.5. The molecule has 0 aliphatic rings. The normalized spacial score (nSPS) is 11.8. The predicted octanol–water partition coefficient (Wildman–Crippen LogP) is 6.95. The molecule has 4 aromatic rings. The third kappa shape index (κ3) is 5.34. The van der Waals surface area contributed by atoms with Crippen molar-refractivity contribution in [1.82, 2.24) is 9.97 Å². The molecular weight excluding hydrogens is 390 g/mol. The number of benzene rings is 2. The summed E-state index contributed by atoms with van der Waals surface area (Å²) >= 11 is 0. The average molecular weight is 424 g/mol. The molecule has 2 N–H and O–H groups in total. The van der Waals surface area contributed by atoms with Crippen molar-refractivity contribution >= 4 is 16.7 Å². The van der Waals surface area contributed by atoms with Crippen LogP contribution in [0.1, 0.15) is 49.4 Å². The van der Waals surface area contributed by atoms with E-state index in [4.69, 9.17) is 5.73 Å². The molecule has 0 amide bonds. The lowest BCUT2D eigenvalue weighted by atomic mass is 9.89. The maximum absolute atomic E-state index is 6.32. The van der Waals surface area contributed by atoms with E-state index < -0.39 is 0 Å². The zero-order valence-corrected chi connectivity index (χ0v) is 19.7. The van der Waals surface area contributed by atoms with Crippen LogP contribution in [0.5, 0.6) is 0 Å². The summed E-state index contributed by atoms with van der Waals surface area (Å²) in [7, 11) is 0. The first-order valence-corrected chi connectivity index (χ1v) is 11.5. The Bertz CT molecular complexity index is 1230. The lowest BCUT2D eigenvalue weighted by Gasteiger charge is -2.17. The van der Waals surface area contributed by atoms with Crippen LogP contribution in [0, 0.1) is 12.3 Å². The lowest BCUT2D eigenvalue weighted by Crippen LogP contribution is -2.07. The molecule has 0 atom stereocenters. The van der Waals surface area contributed by atoms with Gasteiger partial charge in [0.1, 0.15) is 5.82 Å². The highest BCUT2D eigenvalue weighted by molar-refractivity contribution is 5.87. The van der Waals surface area contributed by atoms with Crippen molar-refractivity contribution in [2.45, 2.75) is 53.4 Å². The third-order valence-electron chi connectivity index (χ3n) is 6.08. The first kappa shape index (κ1) is 22.0. The molecule has 0 saturated heterocycles. The molecule has 4 rings (SSSR count). The third-order valence-corrected chi connectivity index (χ3v) is 6.08. The number of pyridine rings is 2. The molecule has 0 unspecified atom stereocenters. The summed E-state index contributed by atoms with van der Waals surface area (Å²) in [6, 6.07) is 19.4. The van der Waals surface area contributed by atoms with Crippen molar-refractivity contribution in [3.05, 3.63) is 89.2 Å². The molecule has 0 saturated carbocycles. The maximum Gasteiger partial charge on any atom is 0.127 e. The Hall–Kier alpha value is -3.20. The Labute approximate surface area is 191 Å². The minimum Gasteiger partial charge on any atom is -0.383 e. The van der Waals surface area contributed by atoms with E-state index in [2.05, 4.69) is 92.3 Å². The monoisotopic (exact) mass is 423 g/mol.